The van der Waals surface area contributed by atoms with Gasteiger partial charge in [0.1, 0.15) is 5.65 Å². The maximum Gasteiger partial charge on any atom is 0.394 e. The van der Waals surface area contributed by atoms with Gasteiger partial charge >= 0.3 is 6.18 Å². The normalized spacial score (nSPS) is 13.0. The Hall–Kier alpha value is -3.52. The van der Waals surface area contributed by atoms with E-state index in [-0.39, 0.29) is 49.9 Å². The molecule has 1 N–H and O–H groups in total. The number of ketones is 1. The summed E-state index contributed by atoms with van der Waals surface area (Å²) in [5, 5.41) is 16.9. The van der Waals surface area contributed by atoms with Gasteiger partial charge in [-0.05, 0) is 43.6 Å². The number of halogens is 3. The Bertz CT molecular complexity index is 2330. The molecule has 0 unspecified atom stereocenters. The quantitative estimate of drug-likeness (QED) is 0.0680. The summed E-state index contributed by atoms with van der Waals surface area (Å²) in [4.78, 5) is 17.2. The zero-order valence-corrected chi connectivity index (χ0v) is 32.4. The third kappa shape index (κ3) is 6.42. The van der Waals surface area contributed by atoms with Gasteiger partial charge in [0.15, 0.2) is 5.78 Å². The average Bonchev–Trinajstić information content (AvgIpc) is 3.61. The number of allylic oxidation sites excluding steroid dienone is 2. The maximum absolute atomic E-state index is 13.8. The molecule has 1 radical (unpaired) electrons. The minimum absolute atomic E-state index is 0. The van der Waals surface area contributed by atoms with Crippen LogP contribution >= 0.6 is 11.3 Å². The molecule has 0 aliphatic rings. The van der Waals surface area contributed by atoms with Gasteiger partial charge in [-0.3, -0.25) is 4.79 Å². The van der Waals surface area contributed by atoms with Crippen molar-refractivity contribution in [1.29, 1.82) is 0 Å². The predicted octanol–water partition coefficient (Wildman–Crippen LogP) is 12.4. The van der Waals surface area contributed by atoms with Crippen LogP contribution in [0.4, 0.5) is 13.2 Å². The number of nitrogens with zero attached hydrogens (tertiary/aromatic N) is 2. The van der Waals surface area contributed by atoms with Gasteiger partial charge in [-0.1, -0.05) is 88.8 Å². The number of carbonyl (C=O) groups is 1. The Morgan fingerprint density at radius 1 is 0.900 bits per heavy atom. The number of fused-ring (bicyclic) bond motifs is 7. The minimum atomic E-state index is -4.29. The second-order valence-corrected chi connectivity index (χ2v) is 14.7. The number of hydrogen-bond acceptors (Lipinski definition) is 4. The molecule has 0 fully saturated rings. The third-order valence-corrected chi connectivity index (χ3v) is 11.3. The zero-order valence-electron chi connectivity index (χ0n) is 29.2. The summed E-state index contributed by atoms with van der Waals surface area (Å²) < 4.78 is 44.6. The number of alkyl halides is 3. The van der Waals surface area contributed by atoms with Crippen molar-refractivity contribution >= 4 is 76.2 Å². The van der Waals surface area contributed by atoms with E-state index in [9.17, 15) is 23.1 Å². The second kappa shape index (κ2) is 14.6. The number of aliphatic hydroxyl groups is 1. The summed E-state index contributed by atoms with van der Waals surface area (Å²) in [6.45, 7) is 10.6. The smallest absolute Gasteiger partial charge is 0.394 e. The Labute approximate surface area is 308 Å². The van der Waals surface area contributed by atoms with Crippen LogP contribution in [0.2, 0.25) is 0 Å². The van der Waals surface area contributed by atoms with Crippen molar-refractivity contribution in [2.45, 2.75) is 79.8 Å². The number of aliphatic hydroxyl groups excluding tert-OH is 1. The van der Waals surface area contributed by atoms with E-state index in [2.05, 4.69) is 28.7 Å². The van der Waals surface area contributed by atoms with Gasteiger partial charge in [-0.2, -0.15) is 25.3 Å². The van der Waals surface area contributed by atoms with E-state index in [0.717, 1.165) is 89.6 Å². The van der Waals surface area contributed by atoms with Gasteiger partial charge in [0.2, 0.25) is 0 Å². The molecule has 0 saturated carbocycles. The van der Waals surface area contributed by atoms with E-state index < -0.39 is 11.6 Å². The molecule has 0 saturated heterocycles. The Morgan fingerprint density at radius 2 is 1.52 bits per heavy atom. The molecule has 0 aliphatic carbocycles. The number of benzene rings is 3. The molecule has 0 amide bonds. The number of para-hydroxylation sites is 1. The molecule has 3 aromatic carbocycles. The van der Waals surface area contributed by atoms with Gasteiger partial charge in [0, 0.05) is 75.5 Å². The standard InChI is InChI=1S/C28H18F3N2S.C13H24O2.Ir/c1-27(2,28(29,30)31)14-21-23-18-9-5-8-17-22-16-7-4-3-6-15(16)10-11-19(22)33(25(17)18)26-24(23)20(34-21)12-13-32-26;1-5-10(6-2)12(14)9-13(15)11(7-3)8-4;/h3-10,12-13H,14H2,1-2H3;9-11,14H,5-8H2,1-4H3;/q-1;;/b;12-9-;. The molecule has 265 valence electrons. The van der Waals surface area contributed by atoms with Gasteiger partial charge in [0.25, 0.3) is 0 Å². The van der Waals surface area contributed by atoms with E-state index >= 15 is 0 Å². The fourth-order valence-electron chi connectivity index (χ4n) is 7.09. The van der Waals surface area contributed by atoms with E-state index in [1.54, 1.807) is 6.20 Å². The molecule has 7 rings (SSSR count). The number of rotatable bonds is 9. The summed E-state index contributed by atoms with van der Waals surface area (Å²) >= 11 is 1.45. The van der Waals surface area contributed by atoms with Crippen molar-refractivity contribution in [2.75, 3.05) is 0 Å². The molecule has 7 aromatic rings. The van der Waals surface area contributed by atoms with Gasteiger partial charge < -0.3 is 9.51 Å². The third-order valence-electron chi connectivity index (χ3n) is 10.2. The maximum atomic E-state index is 13.8. The van der Waals surface area contributed by atoms with E-state index in [1.165, 1.54) is 31.3 Å². The van der Waals surface area contributed by atoms with Crippen LogP contribution < -0.4 is 0 Å². The number of aromatic nitrogens is 2. The topological polar surface area (TPSA) is 54.6 Å². The molecule has 0 aliphatic heterocycles. The van der Waals surface area contributed by atoms with Crippen LogP contribution in [0.3, 0.4) is 0 Å². The summed E-state index contributed by atoms with van der Waals surface area (Å²) in [6, 6.07) is 21.7. The van der Waals surface area contributed by atoms with Crippen LogP contribution in [0.25, 0.3) is 59.1 Å². The number of carbonyl (C=O) groups excluding carboxylic acids is 1. The van der Waals surface area contributed by atoms with Crippen molar-refractivity contribution in [3.63, 3.8) is 0 Å². The van der Waals surface area contributed by atoms with Crippen molar-refractivity contribution in [3.05, 3.63) is 83.6 Å². The van der Waals surface area contributed by atoms with Crippen molar-refractivity contribution in [3.8, 4) is 0 Å². The molecular weight excluding hydrogens is 834 g/mol. The predicted molar refractivity (Wildman–Crippen MR) is 198 cm³/mol. The number of hydrogen-bond donors (Lipinski definition) is 1. The monoisotopic (exact) mass is 876 g/mol. The first-order valence-electron chi connectivity index (χ1n) is 17.1. The SMILES string of the molecule is CC(C)(Cc1sc2ccnc3c2c1c1cccc2c4c5ccccc5c[c-]c4n3c12)C(F)(F)F.CCC(CC)C(=O)/C=C(\O)C(CC)CC.[Ir]. The first-order valence-corrected chi connectivity index (χ1v) is 18.0. The number of thiophene rings is 1. The fourth-order valence-corrected chi connectivity index (χ4v) is 8.53. The van der Waals surface area contributed by atoms with E-state index in [0.29, 0.717) is 0 Å². The molecule has 4 nitrogen and oxygen atoms in total. The summed E-state index contributed by atoms with van der Waals surface area (Å²) in [7, 11) is 0. The molecule has 0 bridgehead atoms. The minimum Gasteiger partial charge on any atom is -0.512 e. The van der Waals surface area contributed by atoms with Gasteiger partial charge in [-0.25, -0.2) is 4.98 Å². The zero-order chi connectivity index (χ0) is 35.2. The molecule has 50 heavy (non-hydrogen) atoms. The van der Waals surface area contributed by atoms with Crippen LogP contribution in [-0.2, 0) is 31.3 Å². The Morgan fingerprint density at radius 3 is 2.16 bits per heavy atom. The van der Waals surface area contributed by atoms with Crippen LogP contribution in [0.5, 0.6) is 0 Å². The summed E-state index contributed by atoms with van der Waals surface area (Å²) in [6.07, 6.45) is 2.30. The molecule has 9 heteroatoms. The second-order valence-electron chi connectivity index (χ2n) is 13.6. The first kappa shape index (κ1) is 37.7. The Kier molecular flexibility index (Phi) is 11.0. The fraction of sp³-hybridized carbons (Fsp3) is 0.366. The summed E-state index contributed by atoms with van der Waals surface area (Å²) in [5.41, 5.74) is 0.863. The molecule has 0 spiro atoms. The first-order chi connectivity index (χ1) is 23.4. The van der Waals surface area contributed by atoms with E-state index in [4.69, 9.17) is 4.98 Å². The average molecular weight is 876 g/mol. The Balaban J connectivity index is 0.000000261. The largest absolute Gasteiger partial charge is 0.512 e. The molecule has 4 heterocycles. The molecular formula is C41H42F3IrN2O2S-. The van der Waals surface area contributed by atoms with Crippen molar-refractivity contribution in [2.24, 2.45) is 17.3 Å². The van der Waals surface area contributed by atoms with Gasteiger partial charge in [0.05, 0.1) is 11.2 Å². The number of pyridine rings is 2. The molecule has 0 atom stereocenters. The van der Waals surface area contributed by atoms with Crippen LogP contribution in [-0.4, -0.2) is 26.5 Å². The van der Waals surface area contributed by atoms with Crippen molar-refractivity contribution in [1.82, 2.24) is 9.38 Å². The van der Waals surface area contributed by atoms with Crippen molar-refractivity contribution < 1.29 is 43.2 Å². The summed E-state index contributed by atoms with van der Waals surface area (Å²) in [5.74, 6) is 0.547. The van der Waals surface area contributed by atoms with E-state index in [1.807, 2.05) is 64.1 Å². The van der Waals surface area contributed by atoms with Crippen LogP contribution in [0, 0.1) is 23.3 Å². The van der Waals surface area contributed by atoms with Crippen LogP contribution in [0.1, 0.15) is 72.1 Å². The van der Waals surface area contributed by atoms with Crippen LogP contribution in [0.15, 0.2) is 72.6 Å². The van der Waals surface area contributed by atoms with Gasteiger partial charge in [-0.15, -0.1) is 28.2 Å². The molecule has 4 aromatic heterocycles.